The molecule has 0 aromatic heterocycles. The molecule has 0 amide bonds. The van der Waals surface area contributed by atoms with Crippen LogP contribution < -0.4 is 5.73 Å². The maximum Gasteiger partial charge on any atom is 0.00641 e. The van der Waals surface area contributed by atoms with Gasteiger partial charge in [0.2, 0.25) is 0 Å². The van der Waals surface area contributed by atoms with Crippen LogP contribution in [0.2, 0.25) is 0 Å². The van der Waals surface area contributed by atoms with Crippen molar-refractivity contribution in [3.05, 3.63) is 0 Å². The van der Waals surface area contributed by atoms with E-state index in [1.165, 1.54) is 38.5 Å². The fourth-order valence-corrected chi connectivity index (χ4v) is 2.16. The van der Waals surface area contributed by atoms with Gasteiger partial charge in [0.1, 0.15) is 0 Å². The molecule has 0 aromatic rings. The molecule has 0 spiro atoms. The summed E-state index contributed by atoms with van der Waals surface area (Å²) in [6, 6.07) is 0.683. The molecule has 0 aliphatic rings. The zero-order valence-electron chi connectivity index (χ0n) is 12.8. The summed E-state index contributed by atoms with van der Waals surface area (Å²) < 4.78 is 0. The molecule has 0 saturated heterocycles. The molecule has 0 heterocycles. The lowest BCUT2D eigenvalue weighted by Gasteiger charge is -2.33. The number of rotatable bonds is 10. The second-order valence-corrected chi connectivity index (χ2v) is 6.34. The fraction of sp³-hybridized carbons (Fsp3) is 1.00. The van der Waals surface area contributed by atoms with Gasteiger partial charge in [-0.1, -0.05) is 52.9 Å². The van der Waals surface area contributed by atoms with Crippen molar-refractivity contribution in [1.29, 1.82) is 0 Å². The highest BCUT2D eigenvalue weighted by Crippen LogP contribution is 2.17. The monoisotopic (exact) mass is 242 g/mol. The maximum atomic E-state index is 5.78. The van der Waals surface area contributed by atoms with Gasteiger partial charge in [0.05, 0.1) is 0 Å². The molecule has 0 aliphatic carbocycles. The highest BCUT2D eigenvalue weighted by atomic mass is 15.1. The summed E-state index contributed by atoms with van der Waals surface area (Å²) in [5.74, 6) is 0. The van der Waals surface area contributed by atoms with Gasteiger partial charge in [0.15, 0.2) is 0 Å². The third-order valence-corrected chi connectivity index (χ3v) is 3.71. The first-order chi connectivity index (χ1) is 7.93. The van der Waals surface area contributed by atoms with E-state index in [0.29, 0.717) is 6.04 Å². The second kappa shape index (κ2) is 8.93. The predicted molar refractivity (Wildman–Crippen MR) is 78.3 cm³/mol. The molecule has 0 aliphatic heterocycles. The van der Waals surface area contributed by atoms with E-state index in [1.54, 1.807) is 0 Å². The molecule has 104 valence electrons. The van der Waals surface area contributed by atoms with Gasteiger partial charge >= 0.3 is 0 Å². The number of hydrogen-bond acceptors (Lipinski definition) is 2. The normalized spacial score (nSPS) is 14.3. The van der Waals surface area contributed by atoms with Gasteiger partial charge < -0.3 is 10.6 Å². The molecular weight excluding hydrogens is 208 g/mol. The van der Waals surface area contributed by atoms with Gasteiger partial charge in [-0.25, -0.2) is 0 Å². The average molecular weight is 242 g/mol. The Morgan fingerprint density at radius 3 is 2.24 bits per heavy atom. The van der Waals surface area contributed by atoms with Crippen molar-refractivity contribution in [2.75, 3.05) is 20.1 Å². The van der Waals surface area contributed by atoms with Crippen LogP contribution >= 0.6 is 0 Å². The zero-order valence-corrected chi connectivity index (χ0v) is 12.8. The van der Waals surface area contributed by atoms with Gasteiger partial charge in [-0.15, -0.1) is 0 Å². The Morgan fingerprint density at radius 1 is 1.12 bits per heavy atom. The number of hydrogen-bond donors (Lipinski definition) is 1. The van der Waals surface area contributed by atoms with Crippen LogP contribution in [0.4, 0.5) is 0 Å². The SMILES string of the molecule is CCCCCCCC(C)N(C)CC(C)(C)CN. The lowest BCUT2D eigenvalue weighted by Crippen LogP contribution is -2.40. The molecule has 0 bridgehead atoms. The first-order valence-corrected chi connectivity index (χ1v) is 7.33. The summed E-state index contributed by atoms with van der Waals surface area (Å²) in [5.41, 5.74) is 6.02. The van der Waals surface area contributed by atoms with Gasteiger partial charge in [0, 0.05) is 12.6 Å². The highest BCUT2D eigenvalue weighted by Gasteiger charge is 2.20. The van der Waals surface area contributed by atoms with Crippen LogP contribution in [-0.4, -0.2) is 31.1 Å². The van der Waals surface area contributed by atoms with Gasteiger partial charge in [0.25, 0.3) is 0 Å². The van der Waals surface area contributed by atoms with E-state index in [4.69, 9.17) is 5.73 Å². The van der Waals surface area contributed by atoms with Crippen LogP contribution in [0.1, 0.15) is 66.2 Å². The van der Waals surface area contributed by atoms with Crippen LogP contribution in [0.15, 0.2) is 0 Å². The van der Waals surface area contributed by atoms with E-state index in [2.05, 4.69) is 39.6 Å². The minimum absolute atomic E-state index is 0.241. The Kier molecular flexibility index (Phi) is 8.89. The second-order valence-electron chi connectivity index (χ2n) is 6.34. The minimum Gasteiger partial charge on any atom is -0.330 e. The third-order valence-electron chi connectivity index (χ3n) is 3.71. The molecular formula is C15H34N2. The van der Waals surface area contributed by atoms with E-state index in [1.807, 2.05) is 0 Å². The van der Waals surface area contributed by atoms with E-state index < -0.39 is 0 Å². The summed E-state index contributed by atoms with van der Waals surface area (Å²) in [5, 5.41) is 0. The molecule has 0 radical (unpaired) electrons. The van der Waals surface area contributed by atoms with Crippen molar-refractivity contribution < 1.29 is 0 Å². The molecule has 0 rings (SSSR count). The standard InChI is InChI=1S/C15H34N2/c1-6-7-8-9-10-11-14(2)17(5)13-15(3,4)12-16/h14H,6-13,16H2,1-5H3. The average Bonchev–Trinajstić information content (AvgIpc) is 2.28. The molecule has 1 unspecified atom stereocenters. The smallest absolute Gasteiger partial charge is 0.00641 e. The summed E-state index contributed by atoms with van der Waals surface area (Å²) in [6.07, 6.45) is 8.22. The Bertz CT molecular complexity index is 178. The van der Waals surface area contributed by atoms with Crippen LogP contribution in [-0.2, 0) is 0 Å². The Balaban J connectivity index is 3.70. The summed E-state index contributed by atoms with van der Waals surface area (Å²) in [7, 11) is 2.23. The first-order valence-electron chi connectivity index (χ1n) is 7.33. The summed E-state index contributed by atoms with van der Waals surface area (Å²) in [6.45, 7) is 11.0. The fourth-order valence-electron chi connectivity index (χ4n) is 2.16. The van der Waals surface area contributed by atoms with Gasteiger partial charge in [-0.05, 0) is 32.4 Å². The van der Waals surface area contributed by atoms with Gasteiger partial charge in [-0.3, -0.25) is 0 Å². The molecule has 2 nitrogen and oxygen atoms in total. The Morgan fingerprint density at radius 2 is 1.71 bits per heavy atom. The van der Waals surface area contributed by atoms with Crippen LogP contribution in [0.5, 0.6) is 0 Å². The molecule has 2 heteroatoms. The minimum atomic E-state index is 0.241. The van der Waals surface area contributed by atoms with E-state index in [9.17, 15) is 0 Å². The topological polar surface area (TPSA) is 29.3 Å². The van der Waals surface area contributed by atoms with Crippen molar-refractivity contribution in [1.82, 2.24) is 4.90 Å². The molecule has 0 aromatic carbocycles. The first kappa shape index (κ1) is 16.9. The van der Waals surface area contributed by atoms with Crippen molar-refractivity contribution in [2.24, 2.45) is 11.1 Å². The van der Waals surface area contributed by atoms with Crippen LogP contribution in [0, 0.1) is 5.41 Å². The molecule has 0 fully saturated rings. The lowest BCUT2D eigenvalue weighted by atomic mass is 9.92. The van der Waals surface area contributed by atoms with Crippen molar-refractivity contribution in [2.45, 2.75) is 72.3 Å². The van der Waals surface area contributed by atoms with Crippen molar-refractivity contribution in [3.63, 3.8) is 0 Å². The zero-order chi connectivity index (χ0) is 13.3. The maximum absolute atomic E-state index is 5.78. The third kappa shape index (κ3) is 8.62. The highest BCUT2D eigenvalue weighted by molar-refractivity contribution is 4.75. The Hall–Kier alpha value is -0.0800. The van der Waals surface area contributed by atoms with E-state index in [-0.39, 0.29) is 5.41 Å². The largest absolute Gasteiger partial charge is 0.330 e. The number of nitrogens with two attached hydrogens (primary N) is 1. The molecule has 1 atom stereocenters. The quantitative estimate of drug-likeness (QED) is 0.593. The van der Waals surface area contributed by atoms with Crippen molar-refractivity contribution >= 4 is 0 Å². The Labute approximate surface area is 109 Å². The van der Waals surface area contributed by atoms with Crippen molar-refractivity contribution in [3.8, 4) is 0 Å². The predicted octanol–water partition coefficient (Wildman–Crippen LogP) is 3.65. The summed E-state index contributed by atoms with van der Waals surface area (Å²) in [4.78, 5) is 2.46. The van der Waals surface area contributed by atoms with Crippen LogP contribution in [0.25, 0.3) is 0 Å². The van der Waals surface area contributed by atoms with Crippen LogP contribution in [0.3, 0.4) is 0 Å². The number of unbranched alkanes of at least 4 members (excludes halogenated alkanes) is 4. The van der Waals surface area contributed by atoms with E-state index >= 15 is 0 Å². The molecule has 17 heavy (non-hydrogen) atoms. The molecule has 0 saturated carbocycles. The number of nitrogens with zero attached hydrogens (tertiary/aromatic N) is 1. The van der Waals surface area contributed by atoms with Gasteiger partial charge in [-0.2, -0.15) is 0 Å². The summed E-state index contributed by atoms with van der Waals surface area (Å²) >= 11 is 0. The molecule has 2 N–H and O–H groups in total. The van der Waals surface area contributed by atoms with E-state index in [0.717, 1.165) is 13.1 Å². The lowest BCUT2D eigenvalue weighted by molar-refractivity contribution is 0.165.